The number of anilines is 3. The van der Waals surface area contributed by atoms with Gasteiger partial charge in [0, 0.05) is 69.5 Å². The Hall–Kier alpha value is -6.71. The van der Waals surface area contributed by atoms with Crippen LogP contribution in [-0.4, -0.2) is 137 Å². The van der Waals surface area contributed by atoms with E-state index in [1.54, 1.807) is 40.8 Å². The van der Waals surface area contributed by atoms with Gasteiger partial charge in [-0.2, -0.15) is 0 Å². The first-order valence-corrected chi connectivity index (χ1v) is 24.8. The molecule has 14 heterocycles. The van der Waals surface area contributed by atoms with E-state index in [1.165, 1.54) is 18.5 Å². The third kappa shape index (κ3) is 7.83. The minimum atomic E-state index is -1.48. The van der Waals surface area contributed by atoms with Crippen molar-refractivity contribution in [1.82, 2.24) is 50.1 Å². The Labute approximate surface area is 416 Å². The number of nitrogens with one attached hydrogen (secondary N) is 3. The van der Waals surface area contributed by atoms with E-state index >= 15 is 0 Å². The Morgan fingerprint density at radius 2 is 1.52 bits per heavy atom. The maximum Gasteiger partial charge on any atom is 0.329 e. The molecule has 5 fully saturated rings. The lowest BCUT2D eigenvalue weighted by atomic mass is 9.60. The lowest BCUT2D eigenvalue weighted by molar-refractivity contribution is -0.164. The van der Waals surface area contributed by atoms with Gasteiger partial charge in [-0.15, -0.1) is 5.12 Å². The average Bonchev–Trinajstić information content (AvgIpc) is 3.87. The molecule has 22 heteroatoms. The Morgan fingerprint density at radius 3 is 2.23 bits per heavy atom. The number of aliphatic carboxylic acids is 1. The number of hydrogen-bond acceptors (Lipinski definition) is 15. The van der Waals surface area contributed by atoms with Gasteiger partial charge in [-0.05, 0) is 104 Å². The molecule has 7 bridgehead atoms. The fraction of sp³-hybridized carbons (Fsp3) is 0.408. The van der Waals surface area contributed by atoms with Crippen LogP contribution < -0.4 is 26.1 Å². The van der Waals surface area contributed by atoms with Crippen LogP contribution in [0.25, 0.3) is 11.2 Å². The number of benzene rings is 3. The van der Waals surface area contributed by atoms with Gasteiger partial charge in [0.05, 0.1) is 38.8 Å². The zero-order chi connectivity index (χ0) is 48.9. The van der Waals surface area contributed by atoms with Gasteiger partial charge in [0.25, 0.3) is 17.7 Å². The van der Waals surface area contributed by atoms with Crippen LogP contribution in [0.4, 0.5) is 17.2 Å². The van der Waals surface area contributed by atoms with Gasteiger partial charge in [-0.1, -0.05) is 35.3 Å². The summed E-state index contributed by atoms with van der Waals surface area (Å²) in [6.07, 6.45) is 8.05. The van der Waals surface area contributed by atoms with E-state index in [4.69, 9.17) is 33.2 Å². The highest BCUT2D eigenvalue weighted by molar-refractivity contribution is 6.39. The van der Waals surface area contributed by atoms with Crippen molar-refractivity contribution < 1.29 is 33.9 Å². The number of imidazole rings is 1. The molecule has 366 valence electrons. The summed E-state index contributed by atoms with van der Waals surface area (Å²) < 4.78 is 1.95. The summed E-state index contributed by atoms with van der Waals surface area (Å²) in [5.41, 5.74) is 6.61. The summed E-state index contributed by atoms with van der Waals surface area (Å²) in [4.78, 5) is 100. The maximum absolute atomic E-state index is 14.2. The number of nitrogens with zero attached hydrogens (tertiary/aromatic N) is 10. The fourth-order valence-corrected chi connectivity index (χ4v) is 12.4. The summed E-state index contributed by atoms with van der Waals surface area (Å²) in [5.74, 6) is -3.96. The Bertz CT molecular complexity index is 3010. The van der Waals surface area contributed by atoms with E-state index in [0.717, 1.165) is 62.4 Å². The number of hydrazine groups is 3. The minimum absolute atomic E-state index is 0.0188. The van der Waals surface area contributed by atoms with Crippen LogP contribution in [0.1, 0.15) is 100 Å². The number of halogens is 2. The molecule has 20 nitrogen and oxygen atoms in total. The Kier molecular flexibility index (Phi) is 11.2. The summed E-state index contributed by atoms with van der Waals surface area (Å²) in [5, 5.41) is 22.7. The quantitative estimate of drug-likeness (QED) is 0.145. The van der Waals surface area contributed by atoms with Crippen LogP contribution in [0.2, 0.25) is 10.0 Å². The van der Waals surface area contributed by atoms with E-state index < -0.39 is 41.7 Å². The molecule has 14 aliphatic rings. The van der Waals surface area contributed by atoms with Crippen molar-refractivity contribution in [3.63, 3.8) is 0 Å². The molecule has 5 amide bonds. The normalized spacial score (nSPS) is 27.6. The summed E-state index contributed by atoms with van der Waals surface area (Å²) >= 11 is 12.6. The number of carboxylic acids is 1. The van der Waals surface area contributed by atoms with Crippen molar-refractivity contribution in [3.8, 4) is 0 Å². The number of carboxylic acid groups (broad SMARTS) is 1. The number of piperidine rings is 2. The second-order valence-electron chi connectivity index (χ2n) is 19.7. The lowest BCUT2D eigenvalue weighted by Gasteiger charge is -2.58. The summed E-state index contributed by atoms with van der Waals surface area (Å²) in [7, 11) is 0. The molecule has 2 atom stereocenters. The van der Waals surface area contributed by atoms with Gasteiger partial charge in [0.1, 0.15) is 12.4 Å². The Morgan fingerprint density at radius 1 is 0.817 bits per heavy atom. The van der Waals surface area contributed by atoms with Crippen LogP contribution >= 0.6 is 23.2 Å². The Balaban J connectivity index is 0.909. The van der Waals surface area contributed by atoms with Crippen molar-refractivity contribution in [2.24, 2.45) is 5.41 Å². The van der Waals surface area contributed by atoms with E-state index in [0.29, 0.717) is 54.6 Å². The average molecular weight is 1000 g/mol. The van der Waals surface area contributed by atoms with Crippen molar-refractivity contribution >= 4 is 87.1 Å². The predicted octanol–water partition coefficient (Wildman–Crippen LogP) is 4.84. The molecule has 2 aromatic heterocycles. The molecular weight excluding hydrogens is 954 g/mol. The number of hydrogen-bond donors (Lipinski definition) is 4. The molecule has 3 saturated heterocycles. The minimum Gasteiger partial charge on any atom is -0.480 e. The fourth-order valence-electron chi connectivity index (χ4n) is 11.8. The standard InChI is InChI=1S/C49H49Cl2N13O7/c50-35-2-1-3-36(51)39(35)45(67)55-28-21-31(22-28)61-26-54-40-42(52-25-53-43(40)61)57-63-30-7-5-29(6-8-30)58-16-18-59(19-17-58)32-23-49(24-32)12-14-60(15-13-49)64(63)41(48(70)71)27-4-9-33-34(20-27)47(69)62(46(33)68)37-10-11-38(65)56-44(37)66/h1-9,20,25-26,28,31-32,37,41H,10-19,21-24H2,(H,55,67)(H,70,71)(H,52,53,57)(H,56,65,66)/t28?,31?,37-,41-/m0/s1. The molecule has 2 saturated carbocycles. The van der Waals surface area contributed by atoms with E-state index in [9.17, 15) is 33.9 Å². The zero-order valence-electron chi connectivity index (χ0n) is 38.3. The molecule has 12 aliphatic heterocycles. The molecule has 1 spiro atoms. The topological polar surface area (TPSA) is 222 Å². The molecule has 0 unspecified atom stereocenters. The molecule has 2 aliphatic carbocycles. The van der Waals surface area contributed by atoms with Gasteiger partial charge >= 0.3 is 5.97 Å². The first-order valence-electron chi connectivity index (χ1n) is 24.0. The predicted molar refractivity (Wildman–Crippen MR) is 259 cm³/mol. The van der Waals surface area contributed by atoms with Crippen LogP contribution in [0.5, 0.6) is 0 Å². The molecule has 3 aromatic carbocycles. The second kappa shape index (κ2) is 17.5. The smallest absolute Gasteiger partial charge is 0.329 e. The molecule has 5 aromatic rings. The van der Waals surface area contributed by atoms with Gasteiger partial charge in [0.2, 0.25) is 11.8 Å². The third-order valence-electron chi connectivity index (χ3n) is 15.8. The van der Waals surface area contributed by atoms with Crippen molar-refractivity contribution in [2.45, 2.75) is 81.6 Å². The summed E-state index contributed by atoms with van der Waals surface area (Å²) in [6.45, 7) is 4.78. The van der Waals surface area contributed by atoms with E-state index in [1.807, 2.05) is 33.8 Å². The largest absolute Gasteiger partial charge is 0.480 e. The number of aromatic nitrogens is 4. The third-order valence-corrected chi connectivity index (χ3v) is 16.4. The number of fused-ring (bicyclic) bond motifs is 2. The van der Waals surface area contributed by atoms with Gasteiger partial charge in [0.15, 0.2) is 23.0 Å². The highest BCUT2D eigenvalue weighted by atomic mass is 35.5. The van der Waals surface area contributed by atoms with Crippen LogP contribution in [-0.2, 0) is 14.4 Å². The van der Waals surface area contributed by atoms with Gasteiger partial charge in [-0.25, -0.2) is 25.1 Å². The molecule has 4 N–H and O–H groups in total. The van der Waals surface area contributed by atoms with Crippen LogP contribution in [0, 0.1) is 5.41 Å². The summed E-state index contributed by atoms with van der Waals surface area (Å²) in [6, 6.07) is 14.9. The number of amides is 5. The van der Waals surface area contributed by atoms with Crippen molar-refractivity contribution in [2.75, 3.05) is 54.7 Å². The number of carbonyl (C=O) groups is 6. The first-order chi connectivity index (χ1) is 34.3. The van der Waals surface area contributed by atoms with Crippen LogP contribution in [0.15, 0.2) is 73.3 Å². The van der Waals surface area contributed by atoms with Gasteiger partial charge < -0.3 is 19.9 Å². The van der Waals surface area contributed by atoms with E-state index in [2.05, 4.69) is 30.8 Å². The molecule has 71 heavy (non-hydrogen) atoms. The monoisotopic (exact) mass is 1000 g/mol. The number of rotatable bonds is 9. The van der Waals surface area contributed by atoms with Crippen LogP contribution in [0.3, 0.4) is 0 Å². The number of carbonyl (C=O) groups excluding carboxylic acids is 5. The molecule has 19 rings (SSSR count). The van der Waals surface area contributed by atoms with Crippen molar-refractivity contribution in [3.05, 3.63) is 106 Å². The highest BCUT2D eigenvalue weighted by Gasteiger charge is 2.51. The zero-order valence-corrected chi connectivity index (χ0v) is 39.9. The van der Waals surface area contributed by atoms with Crippen molar-refractivity contribution in [1.29, 1.82) is 0 Å². The number of piperazine rings is 1. The molecule has 0 radical (unpaired) electrons. The first kappa shape index (κ1) is 45.4. The second-order valence-corrected chi connectivity index (χ2v) is 20.5. The van der Waals surface area contributed by atoms with Gasteiger partial charge in [-0.3, -0.25) is 49.3 Å². The SMILES string of the molecule is O=C1CC[C@H](N2C(=O)c3ccc([C@@H](C(=O)O)N4N5CCC6(CC5)CC(C6)N5CCN(CC5)c5ccc(cc5)N4Nc4ncnc5c4ncn5C4CC(NC(=O)c5c(Cl)cccc5Cl)C4)cc3C2=O)C(=O)N1. The number of imide groups is 2. The lowest BCUT2D eigenvalue weighted by Crippen LogP contribution is -2.64. The highest BCUT2D eigenvalue weighted by Crippen LogP contribution is 2.52. The maximum atomic E-state index is 14.2. The molecular formula is C49H49Cl2N13O7. The van der Waals surface area contributed by atoms with E-state index in [-0.39, 0.29) is 68.5 Å².